The first-order chi connectivity index (χ1) is 11.8. The molecule has 25 heavy (non-hydrogen) atoms. The summed E-state index contributed by atoms with van der Waals surface area (Å²) in [5, 5.41) is 0. The topological polar surface area (TPSA) is 26.3 Å². The molecule has 0 saturated carbocycles. The Morgan fingerprint density at radius 2 is 1.20 bits per heavy atom. The zero-order valence-electron chi connectivity index (χ0n) is 18.0. The second kappa shape index (κ2) is 15.9. The number of rotatable bonds is 17. The molecule has 0 amide bonds. The van der Waals surface area contributed by atoms with E-state index in [4.69, 9.17) is 4.43 Å². The summed E-state index contributed by atoms with van der Waals surface area (Å²) in [6.07, 6.45) is 19.4. The Morgan fingerprint density at radius 3 is 1.68 bits per heavy atom. The Balaban J connectivity index is 3.23. The average Bonchev–Trinajstić information content (AvgIpc) is 2.52. The van der Waals surface area contributed by atoms with E-state index in [2.05, 4.69) is 33.5 Å². The molecule has 1 unspecified atom stereocenters. The van der Waals surface area contributed by atoms with Crippen molar-refractivity contribution in [2.45, 2.75) is 130 Å². The summed E-state index contributed by atoms with van der Waals surface area (Å²) in [6, 6.07) is 0. The highest BCUT2D eigenvalue weighted by Gasteiger charge is 2.19. The van der Waals surface area contributed by atoms with Crippen molar-refractivity contribution in [2.75, 3.05) is 0 Å². The fraction of sp³-hybridized carbons (Fsp3) is 0.955. The molecule has 1 atom stereocenters. The van der Waals surface area contributed by atoms with Gasteiger partial charge in [0.15, 0.2) is 0 Å². The third-order valence-corrected chi connectivity index (χ3v) is 5.64. The summed E-state index contributed by atoms with van der Waals surface area (Å²) in [4.78, 5) is 11.6. The number of hydrogen-bond acceptors (Lipinski definition) is 2. The molecule has 0 heterocycles. The average molecular weight is 371 g/mol. The van der Waals surface area contributed by atoms with Crippen LogP contribution in [0.5, 0.6) is 0 Å². The van der Waals surface area contributed by atoms with Gasteiger partial charge in [-0.25, -0.2) is 0 Å². The van der Waals surface area contributed by atoms with Crippen LogP contribution < -0.4 is 0 Å². The lowest BCUT2D eigenvalue weighted by atomic mass is 9.97. The van der Waals surface area contributed by atoms with Crippen molar-refractivity contribution >= 4 is 14.3 Å². The molecule has 0 aliphatic rings. The second-order valence-electron chi connectivity index (χ2n) is 8.91. The lowest BCUT2D eigenvalue weighted by Crippen LogP contribution is -2.28. The van der Waals surface area contributed by atoms with Crippen molar-refractivity contribution in [3.8, 4) is 0 Å². The third kappa shape index (κ3) is 19.9. The van der Waals surface area contributed by atoms with Crippen LogP contribution >= 0.6 is 0 Å². The Labute approximate surface area is 159 Å². The summed E-state index contributed by atoms with van der Waals surface area (Å²) >= 11 is 0. The molecular formula is C22H46O2Si. The van der Waals surface area contributed by atoms with Crippen LogP contribution in [0.4, 0.5) is 0 Å². The van der Waals surface area contributed by atoms with Crippen LogP contribution in [0.15, 0.2) is 0 Å². The summed E-state index contributed by atoms with van der Waals surface area (Å²) in [7, 11) is -1.68. The van der Waals surface area contributed by atoms with Gasteiger partial charge >= 0.3 is 0 Å². The van der Waals surface area contributed by atoms with E-state index in [-0.39, 0.29) is 5.97 Å². The van der Waals surface area contributed by atoms with Crippen LogP contribution in [0, 0.1) is 5.92 Å². The van der Waals surface area contributed by atoms with Crippen LogP contribution in [0.3, 0.4) is 0 Å². The first kappa shape index (κ1) is 24.7. The van der Waals surface area contributed by atoms with E-state index >= 15 is 0 Å². The normalized spacial score (nSPS) is 13.0. The molecule has 0 saturated heterocycles. The maximum atomic E-state index is 11.6. The third-order valence-electron chi connectivity index (χ3n) is 4.80. The summed E-state index contributed by atoms with van der Waals surface area (Å²) in [6.45, 7) is 10.9. The van der Waals surface area contributed by atoms with Crippen molar-refractivity contribution in [3.05, 3.63) is 0 Å². The predicted octanol–water partition coefficient (Wildman–Crippen LogP) is 7.87. The highest BCUT2D eigenvalue weighted by Crippen LogP contribution is 2.17. The number of carbonyl (C=O) groups is 1. The Hall–Kier alpha value is -0.313. The van der Waals surface area contributed by atoms with Crippen molar-refractivity contribution in [2.24, 2.45) is 5.92 Å². The van der Waals surface area contributed by atoms with Crippen LogP contribution in [0.2, 0.25) is 19.6 Å². The molecule has 0 aliphatic heterocycles. The molecule has 0 aliphatic carbocycles. The van der Waals surface area contributed by atoms with Gasteiger partial charge in [-0.3, -0.25) is 4.79 Å². The van der Waals surface area contributed by atoms with E-state index in [9.17, 15) is 4.79 Å². The van der Waals surface area contributed by atoms with Crippen LogP contribution in [-0.4, -0.2) is 14.3 Å². The lowest BCUT2D eigenvalue weighted by Gasteiger charge is -2.17. The largest absolute Gasteiger partial charge is 0.520 e. The number of unbranched alkanes of at least 4 members (excludes halogenated alkanes) is 10. The van der Waals surface area contributed by atoms with Gasteiger partial charge in [-0.2, -0.15) is 0 Å². The Morgan fingerprint density at radius 1 is 0.760 bits per heavy atom. The standard InChI is InChI=1S/C22H46O2Si/c1-6-7-18-21(2)19-16-14-12-10-8-9-11-13-15-17-20-22(23)24-25(3,4)5/h21H,6-20H2,1-5H3. The second-order valence-corrected chi connectivity index (χ2v) is 13.3. The molecule has 0 radical (unpaired) electrons. The fourth-order valence-corrected chi connectivity index (χ4v) is 4.05. The van der Waals surface area contributed by atoms with Gasteiger partial charge in [0.2, 0.25) is 8.32 Å². The molecule has 0 N–H and O–H groups in total. The maximum absolute atomic E-state index is 11.6. The zero-order valence-corrected chi connectivity index (χ0v) is 19.0. The van der Waals surface area contributed by atoms with Gasteiger partial charge < -0.3 is 4.43 Å². The molecular weight excluding hydrogens is 324 g/mol. The first-order valence-corrected chi connectivity index (χ1v) is 14.5. The van der Waals surface area contributed by atoms with E-state index in [0.29, 0.717) is 6.42 Å². The number of carbonyl (C=O) groups excluding carboxylic acids is 1. The smallest absolute Gasteiger partial charge is 0.292 e. The van der Waals surface area contributed by atoms with E-state index in [1.54, 1.807) is 0 Å². The molecule has 0 rings (SSSR count). The van der Waals surface area contributed by atoms with Gasteiger partial charge in [-0.05, 0) is 32.0 Å². The minimum atomic E-state index is -1.68. The Kier molecular flexibility index (Phi) is 15.7. The summed E-state index contributed by atoms with van der Waals surface area (Å²) in [5.74, 6) is 0.950. The zero-order chi connectivity index (χ0) is 19.0. The van der Waals surface area contributed by atoms with Crippen LogP contribution in [0.1, 0.15) is 110 Å². The van der Waals surface area contributed by atoms with E-state index < -0.39 is 8.32 Å². The molecule has 0 spiro atoms. The van der Waals surface area contributed by atoms with Gasteiger partial charge in [-0.15, -0.1) is 0 Å². The maximum Gasteiger partial charge on any atom is 0.292 e. The highest BCUT2D eigenvalue weighted by atomic mass is 28.4. The first-order valence-electron chi connectivity index (χ1n) is 11.1. The van der Waals surface area contributed by atoms with Crippen molar-refractivity contribution < 1.29 is 9.22 Å². The minimum Gasteiger partial charge on any atom is -0.520 e. The minimum absolute atomic E-state index is 0.0168. The van der Waals surface area contributed by atoms with E-state index in [1.165, 1.54) is 83.5 Å². The monoisotopic (exact) mass is 370 g/mol. The highest BCUT2D eigenvalue weighted by molar-refractivity contribution is 6.71. The molecule has 0 aromatic rings. The van der Waals surface area contributed by atoms with Gasteiger partial charge in [-0.1, -0.05) is 97.3 Å². The van der Waals surface area contributed by atoms with Crippen LogP contribution in [0.25, 0.3) is 0 Å². The predicted molar refractivity (Wildman–Crippen MR) is 114 cm³/mol. The molecule has 3 heteroatoms. The SMILES string of the molecule is CCCCC(C)CCCCCCCCCCCCC(=O)O[Si](C)(C)C. The fourth-order valence-electron chi connectivity index (χ4n) is 3.27. The molecule has 0 bridgehead atoms. The number of hydrogen-bond donors (Lipinski definition) is 0. The summed E-state index contributed by atoms with van der Waals surface area (Å²) < 4.78 is 5.46. The molecule has 0 aromatic heterocycles. The van der Waals surface area contributed by atoms with Gasteiger partial charge in [0, 0.05) is 6.42 Å². The van der Waals surface area contributed by atoms with Crippen LogP contribution in [-0.2, 0) is 9.22 Å². The van der Waals surface area contributed by atoms with Crippen molar-refractivity contribution in [3.63, 3.8) is 0 Å². The van der Waals surface area contributed by atoms with E-state index in [1.807, 2.05) is 0 Å². The van der Waals surface area contributed by atoms with Crippen molar-refractivity contribution in [1.82, 2.24) is 0 Å². The Bertz CT molecular complexity index is 310. The van der Waals surface area contributed by atoms with E-state index in [0.717, 1.165) is 12.3 Å². The van der Waals surface area contributed by atoms with Gasteiger partial charge in [0.1, 0.15) is 0 Å². The lowest BCUT2D eigenvalue weighted by molar-refractivity contribution is -0.135. The summed E-state index contributed by atoms with van der Waals surface area (Å²) in [5.41, 5.74) is 0. The van der Waals surface area contributed by atoms with Gasteiger partial charge in [0.25, 0.3) is 5.97 Å². The quantitative estimate of drug-likeness (QED) is 0.192. The molecule has 0 aromatic carbocycles. The van der Waals surface area contributed by atoms with Gasteiger partial charge in [0.05, 0.1) is 0 Å². The molecule has 0 fully saturated rings. The molecule has 150 valence electrons. The van der Waals surface area contributed by atoms with Crippen molar-refractivity contribution in [1.29, 1.82) is 0 Å². The molecule has 2 nitrogen and oxygen atoms in total.